The summed E-state index contributed by atoms with van der Waals surface area (Å²) in [4.78, 5) is 0.147. The van der Waals surface area contributed by atoms with Gasteiger partial charge in [-0.3, -0.25) is 0 Å². The number of hydrogen-bond acceptors (Lipinski definition) is 4. The summed E-state index contributed by atoms with van der Waals surface area (Å²) in [6.07, 6.45) is 0. The Bertz CT molecular complexity index is 725. The van der Waals surface area contributed by atoms with Crippen LogP contribution in [0.2, 0.25) is 0 Å². The largest absolute Gasteiger partial charge is 0.465 e. The molecule has 5 nitrogen and oxygen atoms in total. The highest BCUT2D eigenvalue weighted by Crippen LogP contribution is 2.24. The zero-order valence-corrected chi connectivity index (χ0v) is 13.5. The van der Waals surface area contributed by atoms with Crippen molar-refractivity contribution in [1.29, 1.82) is 0 Å². The fraction of sp³-hybridized carbons (Fsp3) is 0.231. The summed E-state index contributed by atoms with van der Waals surface area (Å²) in [5.74, 6) is 1.31. The first kappa shape index (κ1) is 15.1. The zero-order chi connectivity index (χ0) is 14.9. The molecule has 0 amide bonds. The average Bonchev–Trinajstić information content (AvgIpc) is 2.79. The van der Waals surface area contributed by atoms with Crippen LogP contribution >= 0.6 is 15.9 Å². The molecule has 0 aliphatic carbocycles. The third kappa shape index (κ3) is 3.23. The number of hydrogen-bond donors (Lipinski definition) is 2. The number of furan rings is 1. The molecule has 0 radical (unpaired) electrons. The van der Waals surface area contributed by atoms with E-state index in [0.717, 1.165) is 5.76 Å². The Morgan fingerprint density at radius 2 is 2.00 bits per heavy atom. The fourth-order valence-electron chi connectivity index (χ4n) is 1.72. The molecule has 0 fully saturated rings. The van der Waals surface area contributed by atoms with Gasteiger partial charge in [-0.2, -0.15) is 0 Å². The molecule has 0 saturated heterocycles. The smallest absolute Gasteiger partial charge is 0.241 e. The fourth-order valence-corrected chi connectivity index (χ4v) is 3.49. The maximum atomic E-state index is 12.3. The second-order valence-corrected chi connectivity index (χ2v) is 7.04. The van der Waals surface area contributed by atoms with E-state index in [0.29, 0.717) is 15.9 Å². The van der Waals surface area contributed by atoms with Crippen LogP contribution in [0.4, 0.5) is 5.69 Å². The Morgan fingerprint density at radius 3 is 2.55 bits per heavy atom. The van der Waals surface area contributed by atoms with Gasteiger partial charge < -0.3 is 10.2 Å². The maximum Gasteiger partial charge on any atom is 0.241 e. The predicted molar refractivity (Wildman–Crippen MR) is 80.7 cm³/mol. The molecule has 3 N–H and O–H groups in total. The number of rotatable bonds is 4. The molecule has 7 heteroatoms. The van der Waals surface area contributed by atoms with E-state index < -0.39 is 16.1 Å². The Labute approximate surface area is 126 Å². The van der Waals surface area contributed by atoms with Gasteiger partial charge in [0.15, 0.2) is 0 Å². The van der Waals surface area contributed by atoms with E-state index in [1.165, 1.54) is 12.1 Å². The summed E-state index contributed by atoms with van der Waals surface area (Å²) in [5, 5.41) is 0. The molecule has 20 heavy (non-hydrogen) atoms. The lowest BCUT2D eigenvalue weighted by molar-refractivity contribution is 0.441. The van der Waals surface area contributed by atoms with Crippen molar-refractivity contribution in [3.05, 3.63) is 46.3 Å². The Balaban J connectivity index is 2.24. The molecule has 0 saturated carbocycles. The van der Waals surface area contributed by atoms with Crippen LogP contribution in [0.5, 0.6) is 0 Å². The molecular weight excluding hydrogens is 344 g/mol. The molecule has 2 aromatic rings. The van der Waals surface area contributed by atoms with Crippen molar-refractivity contribution in [2.24, 2.45) is 0 Å². The van der Waals surface area contributed by atoms with E-state index in [-0.39, 0.29) is 4.90 Å². The molecule has 1 aromatic carbocycles. The van der Waals surface area contributed by atoms with E-state index in [9.17, 15) is 8.42 Å². The van der Waals surface area contributed by atoms with E-state index in [1.54, 1.807) is 25.1 Å². The first-order valence-electron chi connectivity index (χ1n) is 5.93. The highest BCUT2D eigenvalue weighted by molar-refractivity contribution is 9.10. The summed E-state index contributed by atoms with van der Waals surface area (Å²) in [6.45, 7) is 3.53. The van der Waals surface area contributed by atoms with Gasteiger partial charge >= 0.3 is 0 Å². The summed E-state index contributed by atoms with van der Waals surface area (Å²) < 4.78 is 33.1. The first-order chi connectivity index (χ1) is 9.29. The second kappa shape index (κ2) is 5.59. The first-order valence-corrected chi connectivity index (χ1v) is 8.21. The normalized spacial score (nSPS) is 13.3. The topological polar surface area (TPSA) is 85.3 Å². The van der Waals surface area contributed by atoms with Crippen LogP contribution < -0.4 is 10.5 Å². The number of aryl methyl sites for hydroxylation is 1. The molecule has 2 rings (SSSR count). The number of anilines is 1. The van der Waals surface area contributed by atoms with Crippen molar-refractivity contribution in [3.8, 4) is 0 Å². The Morgan fingerprint density at radius 1 is 1.30 bits per heavy atom. The van der Waals surface area contributed by atoms with E-state index >= 15 is 0 Å². The predicted octanol–water partition coefficient (Wildman–Crippen LogP) is 2.97. The van der Waals surface area contributed by atoms with Crippen LogP contribution in [-0.2, 0) is 10.0 Å². The second-order valence-electron chi connectivity index (χ2n) is 4.47. The molecule has 108 valence electrons. The molecule has 1 atom stereocenters. The van der Waals surface area contributed by atoms with Crippen molar-refractivity contribution in [2.75, 3.05) is 5.73 Å². The number of benzene rings is 1. The summed E-state index contributed by atoms with van der Waals surface area (Å²) in [6, 6.07) is 7.56. The van der Waals surface area contributed by atoms with Gasteiger partial charge in [-0.1, -0.05) is 0 Å². The molecule has 0 aliphatic heterocycles. The molecular formula is C13H15BrN2O3S. The maximum absolute atomic E-state index is 12.3. The number of nitrogens with two attached hydrogens (primary N) is 1. The zero-order valence-electron chi connectivity index (χ0n) is 11.1. The van der Waals surface area contributed by atoms with Crippen molar-refractivity contribution < 1.29 is 12.8 Å². The summed E-state index contributed by atoms with van der Waals surface area (Å²) in [5.41, 5.74) is 6.13. The molecule has 0 bridgehead atoms. The van der Waals surface area contributed by atoms with Gasteiger partial charge in [-0.15, -0.1) is 0 Å². The highest BCUT2D eigenvalue weighted by atomic mass is 79.9. The minimum Gasteiger partial charge on any atom is -0.465 e. The standard InChI is InChI=1S/C13H15BrN2O3S/c1-8-3-6-13(19-8)9(2)16-20(17,18)10-4-5-12(15)11(14)7-10/h3-7,9,16H,15H2,1-2H3. The van der Waals surface area contributed by atoms with Gasteiger partial charge in [0, 0.05) is 10.2 Å². The van der Waals surface area contributed by atoms with Crippen LogP contribution in [0, 0.1) is 6.92 Å². The van der Waals surface area contributed by atoms with Crippen LogP contribution in [0.1, 0.15) is 24.5 Å². The van der Waals surface area contributed by atoms with E-state index in [1.807, 2.05) is 6.92 Å². The van der Waals surface area contributed by atoms with Crippen LogP contribution in [-0.4, -0.2) is 8.42 Å². The summed E-state index contributed by atoms with van der Waals surface area (Å²) >= 11 is 3.22. The SMILES string of the molecule is Cc1ccc(C(C)NS(=O)(=O)c2ccc(N)c(Br)c2)o1. The van der Waals surface area contributed by atoms with Gasteiger partial charge in [0.1, 0.15) is 11.5 Å². The van der Waals surface area contributed by atoms with Gasteiger partial charge in [0.2, 0.25) is 10.0 Å². The number of halogens is 1. The number of nitrogen functional groups attached to an aromatic ring is 1. The molecule has 1 unspecified atom stereocenters. The molecule has 1 heterocycles. The van der Waals surface area contributed by atoms with Crippen molar-refractivity contribution >= 4 is 31.6 Å². The number of sulfonamides is 1. The van der Waals surface area contributed by atoms with Crippen LogP contribution in [0.3, 0.4) is 0 Å². The minimum atomic E-state index is -3.63. The van der Waals surface area contributed by atoms with E-state index in [4.69, 9.17) is 10.2 Å². The third-order valence-electron chi connectivity index (χ3n) is 2.80. The minimum absolute atomic E-state index is 0.147. The third-order valence-corrected chi connectivity index (χ3v) is 5.03. The van der Waals surface area contributed by atoms with Crippen molar-refractivity contribution in [3.63, 3.8) is 0 Å². The summed E-state index contributed by atoms with van der Waals surface area (Å²) in [7, 11) is -3.63. The highest BCUT2D eigenvalue weighted by Gasteiger charge is 2.20. The number of nitrogens with one attached hydrogen (secondary N) is 1. The van der Waals surface area contributed by atoms with Gasteiger partial charge in [-0.25, -0.2) is 13.1 Å². The van der Waals surface area contributed by atoms with Crippen LogP contribution in [0.15, 0.2) is 44.1 Å². The molecule has 0 aliphatic rings. The monoisotopic (exact) mass is 358 g/mol. The lowest BCUT2D eigenvalue weighted by atomic mass is 10.3. The van der Waals surface area contributed by atoms with Gasteiger partial charge in [0.25, 0.3) is 0 Å². The van der Waals surface area contributed by atoms with Gasteiger partial charge in [0.05, 0.1) is 10.9 Å². The quantitative estimate of drug-likeness (QED) is 0.822. The van der Waals surface area contributed by atoms with E-state index in [2.05, 4.69) is 20.7 Å². The Hall–Kier alpha value is -1.31. The molecule has 0 spiro atoms. The lowest BCUT2D eigenvalue weighted by Gasteiger charge is -2.12. The average molecular weight is 359 g/mol. The molecule has 1 aromatic heterocycles. The van der Waals surface area contributed by atoms with Crippen LogP contribution in [0.25, 0.3) is 0 Å². The van der Waals surface area contributed by atoms with Gasteiger partial charge in [-0.05, 0) is 60.1 Å². The van der Waals surface area contributed by atoms with Crippen molar-refractivity contribution in [1.82, 2.24) is 4.72 Å². The van der Waals surface area contributed by atoms with Crippen molar-refractivity contribution in [2.45, 2.75) is 24.8 Å². The lowest BCUT2D eigenvalue weighted by Crippen LogP contribution is -2.26. The Kier molecular flexibility index (Phi) is 4.22.